The van der Waals surface area contributed by atoms with E-state index < -0.39 is 17.7 Å². The molecule has 5 nitrogen and oxygen atoms in total. The van der Waals surface area contributed by atoms with Crippen molar-refractivity contribution in [2.45, 2.75) is 11.9 Å². The third-order valence-corrected chi connectivity index (χ3v) is 3.17. The second kappa shape index (κ2) is 5.08. The first-order valence-corrected chi connectivity index (χ1v) is 6.24. The summed E-state index contributed by atoms with van der Waals surface area (Å²) in [5.74, 6) is -0.676. The molecule has 2 aromatic rings. The van der Waals surface area contributed by atoms with Gasteiger partial charge in [-0.25, -0.2) is 0 Å². The molecule has 19 heavy (non-hydrogen) atoms. The molecular formula is C10H8F3N3O2S. The van der Waals surface area contributed by atoms with E-state index in [4.69, 9.17) is 5.11 Å². The number of carboxylic acid groups (broad SMARTS) is 1. The topological polar surface area (TPSA) is 67.5 Å². The fourth-order valence-electron chi connectivity index (χ4n) is 1.43. The van der Waals surface area contributed by atoms with E-state index >= 15 is 0 Å². The van der Waals surface area contributed by atoms with Crippen LogP contribution in [0.15, 0.2) is 18.3 Å². The SMILES string of the molecule is O=C(O)CSCc1nnc2ccc(C(F)(F)F)cn12. The van der Waals surface area contributed by atoms with Gasteiger partial charge in [0.05, 0.1) is 17.1 Å². The van der Waals surface area contributed by atoms with Gasteiger partial charge in [-0.1, -0.05) is 0 Å². The lowest BCUT2D eigenvalue weighted by molar-refractivity contribution is -0.138. The summed E-state index contributed by atoms with van der Waals surface area (Å²) in [6, 6.07) is 2.15. The summed E-state index contributed by atoms with van der Waals surface area (Å²) in [5, 5.41) is 16.0. The molecule has 0 aromatic carbocycles. The summed E-state index contributed by atoms with van der Waals surface area (Å²) in [4.78, 5) is 10.4. The molecule has 0 unspecified atom stereocenters. The number of halogens is 3. The van der Waals surface area contributed by atoms with Crippen molar-refractivity contribution in [2.24, 2.45) is 0 Å². The van der Waals surface area contributed by atoms with E-state index in [1.165, 1.54) is 10.5 Å². The van der Waals surface area contributed by atoms with Gasteiger partial charge in [0, 0.05) is 6.20 Å². The van der Waals surface area contributed by atoms with Gasteiger partial charge in [0.1, 0.15) is 5.82 Å². The Hall–Kier alpha value is -1.77. The number of carbonyl (C=O) groups is 1. The van der Waals surface area contributed by atoms with Crippen LogP contribution in [0.25, 0.3) is 5.65 Å². The van der Waals surface area contributed by atoms with Gasteiger partial charge in [0.25, 0.3) is 0 Å². The van der Waals surface area contributed by atoms with Crippen LogP contribution < -0.4 is 0 Å². The first-order valence-electron chi connectivity index (χ1n) is 5.08. The van der Waals surface area contributed by atoms with E-state index in [1.807, 2.05) is 0 Å². The molecule has 0 aliphatic rings. The minimum atomic E-state index is -4.44. The lowest BCUT2D eigenvalue weighted by Crippen LogP contribution is -2.07. The monoisotopic (exact) mass is 291 g/mol. The predicted molar refractivity (Wildman–Crippen MR) is 61.8 cm³/mol. The standard InChI is InChI=1S/C10H8F3N3O2S/c11-10(12,13)6-1-2-7-14-15-8(16(7)3-6)4-19-5-9(17)18/h1-3H,4-5H2,(H,17,18). The average molecular weight is 291 g/mol. The molecule has 102 valence electrons. The van der Waals surface area contributed by atoms with Crippen molar-refractivity contribution in [1.82, 2.24) is 14.6 Å². The molecule has 0 atom stereocenters. The maximum Gasteiger partial charge on any atom is 0.417 e. The van der Waals surface area contributed by atoms with E-state index in [1.54, 1.807) is 0 Å². The molecular weight excluding hydrogens is 283 g/mol. The minimum absolute atomic E-state index is 0.145. The number of nitrogens with zero attached hydrogens (tertiary/aromatic N) is 3. The largest absolute Gasteiger partial charge is 0.481 e. The Morgan fingerprint density at radius 3 is 2.74 bits per heavy atom. The number of aliphatic carboxylic acids is 1. The molecule has 2 heterocycles. The van der Waals surface area contributed by atoms with E-state index in [-0.39, 0.29) is 17.3 Å². The van der Waals surface area contributed by atoms with Gasteiger partial charge in [0.2, 0.25) is 0 Å². The number of hydrogen-bond donors (Lipinski definition) is 1. The summed E-state index contributed by atoms with van der Waals surface area (Å²) in [6.07, 6.45) is -3.53. The first-order chi connectivity index (χ1) is 8.88. The first kappa shape index (κ1) is 13.7. The van der Waals surface area contributed by atoms with Crippen molar-refractivity contribution < 1.29 is 23.1 Å². The van der Waals surface area contributed by atoms with Crippen LogP contribution in [0.2, 0.25) is 0 Å². The summed E-state index contributed by atoms with van der Waals surface area (Å²) in [7, 11) is 0. The van der Waals surface area contributed by atoms with Crippen molar-refractivity contribution >= 4 is 23.4 Å². The summed E-state index contributed by atoms with van der Waals surface area (Å²) < 4.78 is 38.9. The number of fused-ring (bicyclic) bond motifs is 1. The molecule has 0 spiro atoms. The Labute approximate surface area is 109 Å². The molecule has 2 rings (SSSR count). The molecule has 2 aromatic heterocycles. The molecule has 0 aliphatic carbocycles. The number of hydrogen-bond acceptors (Lipinski definition) is 4. The molecule has 0 amide bonds. The zero-order valence-electron chi connectivity index (χ0n) is 9.39. The lowest BCUT2D eigenvalue weighted by atomic mass is 10.3. The molecule has 0 saturated heterocycles. The Bertz CT molecular complexity index is 612. The van der Waals surface area contributed by atoms with Gasteiger partial charge >= 0.3 is 12.1 Å². The van der Waals surface area contributed by atoms with E-state index in [2.05, 4.69) is 10.2 Å². The third-order valence-electron chi connectivity index (χ3n) is 2.26. The van der Waals surface area contributed by atoms with Crippen LogP contribution >= 0.6 is 11.8 Å². The van der Waals surface area contributed by atoms with E-state index in [9.17, 15) is 18.0 Å². The molecule has 0 bridgehead atoms. The van der Waals surface area contributed by atoms with Crippen molar-refractivity contribution in [3.63, 3.8) is 0 Å². The fraction of sp³-hybridized carbons (Fsp3) is 0.300. The van der Waals surface area contributed by atoms with Gasteiger partial charge in [-0.15, -0.1) is 22.0 Å². The normalized spacial score (nSPS) is 11.9. The Morgan fingerprint density at radius 2 is 2.11 bits per heavy atom. The Balaban J connectivity index is 2.27. The number of thioether (sulfide) groups is 1. The van der Waals surface area contributed by atoms with Crippen LogP contribution in [0, 0.1) is 0 Å². The highest BCUT2D eigenvalue weighted by Gasteiger charge is 2.31. The zero-order valence-corrected chi connectivity index (χ0v) is 10.2. The highest BCUT2D eigenvalue weighted by Crippen LogP contribution is 2.29. The highest BCUT2D eigenvalue weighted by atomic mass is 32.2. The van der Waals surface area contributed by atoms with Crippen LogP contribution in [0.5, 0.6) is 0 Å². The number of carboxylic acids is 1. The van der Waals surface area contributed by atoms with Crippen LogP contribution in [0.1, 0.15) is 11.4 Å². The fourth-order valence-corrected chi connectivity index (χ4v) is 2.09. The van der Waals surface area contributed by atoms with E-state index in [0.29, 0.717) is 5.65 Å². The molecule has 0 fully saturated rings. The maximum absolute atomic E-state index is 12.6. The molecule has 0 radical (unpaired) electrons. The van der Waals surface area contributed by atoms with Crippen molar-refractivity contribution in [1.29, 1.82) is 0 Å². The smallest absolute Gasteiger partial charge is 0.417 e. The minimum Gasteiger partial charge on any atom is -0.481 e. The number of alkyl halides is 3. The van der Waals surface area contributed by atoms with Gasteiger partial charge in [-0.3, -0.25) is 9.20 Å². The third kappa shape index (κ3) is 3.16. The zero-order chi connectivity index (χ0) is 14.0. The number of pyridine rings is 1. The Kier molecular flexibility index (Phi) is 3.65. The quantitative estimate of drug-likeness (QED) is 0.934. The Morgan fingerprint density at radius 1 is 1.37 bits per heavy atom. The molecule has 9 heteroatoms. The molecule has 0 saturated carbocycles. The van der Waals surface area contributed by atoms with Crippen LogP contribution in [-0.4, -0.2) is 31.4 Å². The second-order valence-corrected chi connectivity index (χ2v) is 4.63. The van der Waals surface area contributed by atoms with Crippen LogP contribution in [-0.2, 0) is 16.7 Å². The lowest BCUT2D eigenvalue weighted by Gasteiger charge is -2.07. The van der Waals surface area contributed by atoms with E-state index in [0.717, 1.165) is 24.0 Å². The van der Waals surface area contributed by atoms with Gasteiger partial charge in [-0.05, 0) is 12.1 Å². The van der Waals surface area contributed by atoms with Crippen molar-refractivity contribution in [3.8, 4) is 0 Å². The van der Waals surface area contributed by atoms with Crippen LogP contribution in [0.3, 0.4) is 0 Å². The molecule has 1 N–H and O–H groups in total. The van der Waals surface area contributed by atoms with Crippen molar-refractivity contribution in [3.05, 3.63) is 29.7 Å². The highest BCUT2D eigenvalue weighted by molar-refractivity contribution is 7.99. The van der Waals surface area contributed by atoms with Gasteiger partial charge in [0.15, 0.2) is 5.65 Å². The second-order valence-electron chi connectivity index (χ2n) is 3.65. The van der Waals surface area contributed by atoms with Gasteiger partial charge in [-0.2, -0.15) is 13.2 Å². The summed E-state index contributed by atoms with van der Waals surface area (Å²) in [5.41, 5.74) is -0.511. The van der Waals surface area contributed by atoms with Gasteiger partial charge < -0.3 is 5.11 Å². The number of aromatic nitrogens is 3. The number of rotatable bonds is 4. The van der Waals surface area contributed by atoms with Crippen LogP contribution in [0.4, 0.5) is 13.2 Å². The maximum atomic E-state index is 12.6. The van der Waals surface area contributed by atoms with Crippen molar-refractivity contribution in [2.75, 3.05) is 5.75 Å². The predicted octanol–water partition coefficient (Wildman–Crippen LogP) is 2.07. The summed E-state index contributed by atoms with van der Waals surface area (Å²) in [6.45, 7) is 0. The molecule has 0 aliphatic heterocycles. The summed E-state index contributed by atoms with van der Waals surface area (Å²) >= 11 is 1.04. The average Bonchev–Trinajstić information content (AvgIpc) is 2.70.